The van der Waals surface area contributed by atoms with E-state index in [1.54, 1.807) is 18.2 Å². The zero-order valence-electron chi connectivity index (χ0n) is 12.2. The second kappa shape index (κ2) is 6.41. The van der Waals surface area contributed by atoms with Crippen molar-refractivity contribution in [3.05, 3.63) is 47.7 Å². The average molecular weight is 295 g/mol. The molecule has 0 amide bonds. The van der Waals surface area contributed by atoms with Gasteiger partial charge in [-0.25, -0.2) is 0 Å². The van der Waals surface area contributed by atoms with Gasteiger partial charge in [-0.3, -0.25) is 4.90 Å². The molecule has 1 aromatic heterocycles. The number of nitrogens with zero attached hydrogens (tertiary/aromatic N) is 5. The topological polar surface area (TPSA) is 76.3 Å². The molecule has 1 aromatic carbocycles. The Kier molecular flexibility index (Phi) is 4.17. The molecule has 6 nitrogen and oxygen atoms in total. The standard InChI is InChI=1S/C16H17N5O/c17-11-14-3-6-16(19-18-14)21-9-7-20(8-10-21)12-13-1-4-15(22)5-2-13/h1-6,22H,7-10,12H2. The fourth-order valence-corrected chi connectivity index (χ4v) is 2.55. The van der Waals surface area contributed by atoms with Gasteiger partial charge in [-0.05, 0) is 29.8 Å². The second-order valence-corrected chi connectivity index (χ2v) is 5.32. The van der Waals surface area contributed by atoms with Crippen LogP contribution in [0.15, 0.2) is 36.4 Å². The van der Waals surface area contributed by atoms with Gasteiger partial charge in [0.2, 0.25) is 0 Å². The minimum Gasteiger partial charge on any atom is -0.508 e. The number of benzene rings is 1. The number of phenols is 1. The van der Waals surface area contributed by atoms with Crippen LogP contribution in [-0.4, -0.2) is 46.4 Å². The first-order chi connectivity index (χ1) is 10.7. The molecule has 1 fully saturated rings. The Morgan fingerprint density at radius 1 is 1.00 bits per heavy atom. The second-order valence-electron chi connectivity index (χ2n) is 5.32. The van der Waals surface area contributed by atoms with E-state index in [0.717, 1.165) is 38.5 Å². The molecule has 0 bridgehead atoms. The predicted octanol–water partition coefficient (Wildman–Crippen LogP) is 1.38. The van der Waals surface area contributed by atoms with E-state index in [0.29, 0.717) is 11.4 Å². The van der Waals surface area contributed by atoms with Gasteiger partial charge in [0, 0.05) is 32.7 Å². The molecule has 22 heavy (non-hydrogen) atoms. The van der Waals surface area contributed by atoms with Crippen LogP contribution in [-0.2, 0) is 6.54 Å². The minimum absolute atomic E-state index is 0.299. The molecule has 1 aliphatic rings. The molecule has 0 atom stereocenters. The van der Waals surface area contributed by atoms with Crippen molar-refractivity contribution in [2.75, 3.05) is 31.1 Å². The van der Waals surface area contributed by atoms with Crippen molar-refractivity contribution in [2.24, 2.45) is 0 Å². The number of aromatic hydroxyl groups is 1. The first kappa shape index (κ1) is 14.3. The summed E-state index contributed by atoms with van der Waals surface area (Å²) in [4.78, 5) is 4.56. The van der Waals surface area contributed by atoms with Crippen LogP contribution < -0.4 is 4.90 Å². The summed E-state index contributed by atoms with van der Waals surface area (Å²) >= 11 is 0. The maximum Gasteiger partial charge on any atom is 0.163 e. The van der Waals surface area contributed by atoms with Gasteiger partial charge in [-0.1, -0.05) is 12.1 Å². The highest BCUT2D eigenvalue weighted by molar-refractivity contribution is 5.39. The first-order valence-electron chi connectivity index (χ1n) is 7.23. The molecule has 6 heteroatoms. The monoisotopic (exact) mass is 295 g/mol. The van der Waals surface area contributed by atoms with Gasteiger partial charge in [0.25, 0.3) is 0 Å². The summed E-state index contributed by atoms with van der Waals surface area (Å²) in [6, 6.07) is 12.9. The van der Waals surface area contributed by atoms with Gasteiger partial charge in [0.05, 0.1) is 0 Å². The summed E-state index contributed by atoms with van der Waals surface area (Å²) in [5.74, 6) is 1.12. The molecule has 0 radical (unpaired) electrons. The SMILES string of the molecule is N#Cc1ccc(N2CCN(Cc3ccc(O)cc3)CC2)nn1. The largest absolute Gasteiger partial charge is 0.508 e. The number of piperazine rings is 1. The fourth-order valence-electron chi connectivity index (χ4n) is 2.55. The number of hydrogen-bond donors (Lipinski definition) is 1. The molecule has 1 aliphatic heterocycles. The molecule has 2 aromatic rings. The summed E-state index contributed by atoms with van der Waals surface area (Å²) in [5, 5.41) is 26.0. The van der Waals surface area contributed by atoms with E-state index >= 15 is 0 Å². The van der Waals surface area contributed by atoms with Crippen LogP contribution in [0.25, 0.3) is 0 Å². The van der Waals surface area contributed by atoms with E-state index in [2.05, 4.69) is 20.0 Å². The Labute approximate surface area is 129 Å². The van der Waals surface area contributed by atoms with Gasteiger partial charge < -0.3 is 10.0 Å². The van der Waals surface area contributed by atoms with Crippen molar-refractivity contribution < 1.29 is 5.11 Å². The molecule has 0 aliphatic carbocycles. The van der Waals surface area contributed by atoms with Crippen molar-refractivity contribution in [2.45, 2.75) is 6.54 Å². The van der Waals surface area contributed by atoms with Crippen LogP contribution in [0.5, 0.6) is 5.75 Å². The molecule has 2 heterocycles. The van der Waals surface area contributed by atoms with Crippen molar-refractivity contribution in [1.29, 1.82) is 5.26 Å². The van der Waals surface area contributed by atoms with Gasteiger partial charge >= 0.3 is 0 Å². The maximum atomic E-state index is 9.31. The van der Waals surface area contributed by atoms with Crippen molar-refractivity contribution >= 4 is 5.82 Å². The fraction of sp³-hybridized carbons (Fsp3) is 0.312. The lowest BCUT2D eigenvalue weighted by Gasteiger charge is -2.35. The zero-order chi connectivity index (χ0) is 15.4. The predicted molar refractivity (Wildman–Crippen MR) is 82.3 cm³/mol. The van der Waals surface area contributed by atoms with Gasteiger partial charge in [-0.2, -0.15) is 5.26 Å². The average Bonchev–Trinajstić information content (AvgIpc) is 2.58. The zero-order valence-corrected chi connectivity index (χ0v) is 12.2. The third-order valence-electron chi connectivity index (χ3n) is 3.80. The molecule has 0 spiro atoms. The highest BCUT2D eigenvalue weighted by Gasteiger charge is 2.18. The lowest BCUT2D eigenvalue weighted by atomic mass is 10.2. The maximum absolute atomic E-state index is 9.31. The van der Waals surface area contributed by atoms with E-state index in [1.165, 1.54) is 5.56 Å². The van der Waals surface area contributed by atoms with Crippen LogP contribution in [0, 0.1) is 11.3 Å². The Balaban J connectivity index is 1.55. The smallest absolute Gasteiger partial charge is 0.163 e. The molecule has 1 N–H and O–H groups in total. The summed E-state index contributed by atoms with van der Waals surface area (Å²) in [7, 11) is 0. The Morgan fingerprint density at radius 3 is 2.32 bits per heavy atom. The highest BCUT2D eigenvalue weighted by Crippen LogP contribution is 2.16. The van der Waals surface area contributed by atoms with E-state index in [9.17, 15) is 5.11 Å². The van der Waals surface area contributed by atoms with Crippen molar-refractivity contribution in [3.63, 3.8) is 0 Å². The first-order valence-corrected chi connectivity index (χ1v) is 7.23. The van der Waals surface area contributed by atoms with Crippen LogP contribution in [0.4, 0.5) is 5.82 Å². The van der Waals surface area contributed by atoms with Crippen LogP contribution in [0.3, 0.4) is 0 Å². The third kappa shape index (κ3) is 3.32. The lowest BCUT2D eigenvalue weighted by molar-refractivity contribution is 0.249. The van der Waals surface area contributed by atoms with E-state index in [4.69, 9.17) is 5.26 Å². The van der Waals surface area contributed by atoms with Crippen LogP contribution in [0.1, 0.15) is 11.3 Å². The Bertz CT molecular complexity index is 654. The number of aromatic nitrogens is 2. The summed E-state index contributed by atoms with van der Waals surface area (Å²) in [5.41, 5.74) is 1.54. The van der Waals surface area contributed by atoms with Gasteiger partial charge in [-0.15, -0.1) is 10.2 Å². The van der Waals surface area contributed by atoms with E-state index in [-0.39, 0.29) is 0 Å². The normalized spacial score (nSPS) is 15.5. The lowest BCUT2D eigenvalue weighted by Crippen LogP contribution is -2.46. The van der Waals surface area contributed by atoms with E-state index in [1.807, 2.05) is 24.3 Å². The van der Waals surface area contributed by atoms with Gasteiger partial charge in [0.15, 0.2) is 11.5 Å². The molecule has 0 saturated carbocycles. The summed E-state index contributed by atoms with van der Waals surface area (Å²) in [6.45, 7) is 4.55. The number of hydrogen-bond acceptors (Lipinski definition) is 6. The minimum atomic E-state index is 0.299. The third-order valence-corrected chi connectivity index (χ3v) is 3.80. The summed E-state index contributed by atoms with van der Waals surface area (Å²) < 4.78 is 0. The molecular formula is C16H17N5O. The Morgan fingerprint density at radius 2 is 1.73 bits per heavy atom. The quantitative estimate of drug-likeness (QED) is 0.922. The molecule has 1 saturated heterocycles. The van der Waals surface area contributed by atoms with E-state index < -0.39 is 0 Å². The summed E-state index contributed by atoms with van der Waals surface area (Å²) in [6.07, 6.45) is 0. The number of rotatable bonds is 3. The number of anilines is 1. The molecule has 3 rings (SSSR count). The number of nitriles is 1. The molecule has 112 valence electrons. The number of phenolic OH excluding ortho intramolecular Hbond substituents is 1. The molecular weight excluding hydrogens is 278 g/mol. The van der Waals surface area contributed by atoms with Crippen LogP contribution >= 0.6 is 0 Å². The molecule has 0 unspecified atom stereocenters. The van der Waals surface area contributed by atoms with Crippen molar-refractivity contribution in [1.82, 2.24) is 15.1 Å². The van der Waals surface area contributed by atoms with Gasteiger partial charge in [0.1, 0.15) is 11.8 Å². The highest BCUT2D eigenvalue weighted by atomic mass is 16.3. The van der Waals surface area contributed by atoms with Crippen molar-refractivity contribution in [3.8, 4) is 11.8 Å². The van der Waals surface area contributed by atoms with Crippen LogP contribution in [0.2, 0.25) is 0 Å². The Hall–Kier alpha value is -2.65.